The summed E-state index contributed by atoms with van der Waals surface area (Å²) >= 11 is 0. The van der Waals surface area contributed by atoms with Gasteiger partial charge in [-0.25, -0.2) is 0 Å². The summed E-state index contributed by atoms with van der Waals surface area (Å²) in [6.07, 6.45) is 0. The molecule has 6 nitrogen and oxygen atoms in total. The number of nitrogens with one attached hydrogen (secondary N) is 1. The number of rotatable bonds is 8. The van der Waals surface area contributed by atoms with Crippen LogP contribution in [-0.2, 0) is 11.3 Å². The Morgan fingerprint density at radius 1 is 1.04 bits per heavy atom. The lowest BCUT2D eigenvalue weighted by atomic mass is 10.1. The van der Waals surface area contributed by atoms with E-state index < -0.39 is 0 Å². The quantitative estimate of drug-likeness (QED) is 0.776. The smallest absolute Gasteiger partial charge is 0.251 e. The Kier molecular flexibility index (Phi) is 7.23. The zero-order chi connectivity index (χ0) is 19.8. The number of nitrogens with zero attached hydrogens (tertiary/aromatic N) is 1. The van der Waals surface area contributed by atoms with Gasteiger partial charge in [-0.05, 0) is 30.7 Å². The number of carbonyl (C=O) groups excluding carboxylic acids is 2. The van der Waals surface area contributed by atoms with E-state index in [1.54, 1.807) is 30.2 Å². The first kappa shape index (κ1) is 20.3. The minimum absolute atomic E-state index is 0.0307. The molecule has 6 heteroatoms. The average molecular weight is 370 g/mol. The van der Waals surface area contributed by atoms with Crippen LogP contribution in [0.25, 0.3) is 0 Å². The highest BCUT2D eigenvalue weighted by Crippen LogP contribution is 2.27. The molecule has 0 saturated carbocycles. The topological polar surface area (TPSA) is 67.9 Å². The van der Waals surface area contributed by atoms with Crippen molar-refractivity contribution >= 4 is 11.8 Å². The number of amides is 2. The molecule has 144 valence electrons. The minimum atomic E-state index is -0.227. The summed E-state index contributed by atoms with van der Waals surface area (Å²) in [6.45, 7) is 4.86. The predicted molar refractivity (Wildman–Crippen MR) is 104 cm³/mol. The lowest BCUT2D eigenvalue weighted by Crippen LogP contribution is -2.37. The van der Waals surface area contributed by atoms with Crippen LogP contribution in [0.4, 0.5) is 0 Å². The molecule has 0 bridgehead atoms. The normalized spacial score (nSPS) is 10.2. The molecule has 0 spiro atoms. The van der Waals surface area contributed by atoms with Gasteiger partial charge in [0.05, 0.1) is 14.2 Å². The van der Waals surface area contributed by atoms with Gasteiger partial charge in [0.15, 0.2) is 11.5 Å². The standard InChI is InChI=1S/C21H26N2O4/c1-15-6-5-7-17(12-15)14-23(16(2)24)11-10-22-21(25)18-8-9-19(26-3)20(13-18)27-4/h5-9,12-13H,10-11,14H2,1-4H3,(H,22,25). The van der Waals surface area contributed by atoms with Gasteiger partial charge in [0.25, 0.3) is 5.91 Å². The summed E-state index contributed by atoms with van der Waals surface area (Å²) in [4.78, 5) is 26.0. The largest absolute Gasteiger partial charge is 0.493 e. The Hall–Kier alpha value is -3.02. The molecule has 0 aliphatic heterocycles. The van der Waals surface area contributed by atoms with Crippen LogP contribution < -0.4 is 14.8 Å². The van der Waals surface area contributed by atoms with Gasteiger partial charge < -0.3 is 19.7 Å². The third-order valence-electron chi connectivity index (χ3n) is 4.21. The molecule has 0 aliphatic rings. The third kappa shape index (κ3) is 5.74. The first-order chi connectivity index (χ1) is 12.9. The number of hydrogen-bond donors (Lipinski definition) is 1. The first-order valence-electron chi connectivity index (χ1n) is 8.76. The van der Waals surface area contributed by atoms with Crippen molar-refractivity contribution in [2.24, 2.45) is 0 Å². The van der Waals surface area contributed by atoms with Crippen LogP contribution in [0.5, 0.6) is 11.5 Å². The Balaban J connectivity index is 1.94. The molecule has 0 aliphatic carbocycles. The second-order valence-electron chi connectivity index (χ2n) is 6.26. The van der Waals surface area contributed by atoms with Gasteiger partial charge in [-0.1, -0.05) is 29.8 Å². The fourth-order valence-electron chi connectivity index (χ4n) is 2.76. The van der Waals surface area contributed by atoms with Crippen LogP contribution in [0.15, 0.2) is 42.5 Å². The maximum Gasteiger partial charge on any atom is 0.251 e. The molecule has 27 heavy (non-hydrogen) atoms. The lowest BCUT2D eigenvalue weighted by molar-refractivity contribution is -0.129. The SMILES string of the molecule is COc1ccc(C(=O)NCCN(Cc2cccc(C)c2)C(C)=O)cc1OC. The Labute approximate surface area is 160 Å². The summed E-state index contributed by atoms with van der Waals surface area (Å²) in [5, 5.41) is 2.84. The molecule has 0 fully saturated rings. The van der Waals surface area contributed by atoms with Crippen molar-refractivity contribution in [1.29, 1.82) is 0 Å². The van der Waals surface area contributed by atoms with E-state index in [9.17, 15) is 9.59 Å². The summed E-state index contributed by atoms with van der Waals surface area (Å²) in [7, 11) is 3.07. The number of ether oxygens (including phenoxy) is 2. The first-order valence-corrected chi connectivity index (χ1v) is 8.76. The van der Waals surface area contributed by atoms with Crippen molar-refractivity contribution in [2.75, 3.05) is 27.3 Å². The zero-order valence-corrected chi connectivity index (χ0v) is 16.2. The fraction of sp³-hybridized carbons (Fsp3) is 0.333. The Morgan fingerprint density at radius 2 is 1.78 bits per heavy atom. The number of carbonyl (C=O) groups is 2. The Bertz CT molecular complexity index is 805. The lowest BCUT2D eigenvalue weighted by Gasteiger charge is -2.21. The second-order valence-corrected chi connectivity index (χ2v) is 6.26. The van der Waals surface area contributed by atoms with Crippen LogP contribution in [0.3, 0.4) is 0 Å². The van der Waals surface area contributed by atoms with Crippen LogP contribution >= 0.6 is 0 Å². The molecular formula is C21H26N2O4. The molecule has 2 rings (SSSR count). The molecule has 0 saturated heterocycles. The van der Waals surface area contributed by atoms with E-state index >= 15 is 0 Å². The molecule has 0 radical (unpaired) electrons. The van der Waals surface area contributed by atoms with Crippen LogP contribution in [0.2, 0.25) is 0 Å². The highest BCUT2D eigenvalue weighted by molar-refractivity contribution is 5.94. The molecule has 0 unspecified atom stereocenters. The summed E-state index contributed by atoms with van der Waals surface area (Å²) < 4.78 is 10.4. The summed E-state index contributed by atoms with van der Waals surface area (Å²) in [5.41, 5.74) is 2.69. The minimum Gasteiger partial charge on any atom is -0.493 e. The van der Waals surface area contributed by atoms with Gasteiger partial charge in [0.2, 0.25) is 5.91 Å². The van der Waals surface area contributed by atoms with Gasteiger partial charge in [0.1, 0.15) is 0 Å². The highest BCUT2D eigenvalue weighted by atomic mass is 16.5. The van der Waals surface area contributed by atoms with E-state index in [0.29, 0.717) is 36.7 Å². The monoisotopic (exact) mass is 370 g/mol. The number of aryl methyl sites for hydroxylation is 1. The second kappa shape index (κ2) is 9.62. The molecule has 0 aromatic heterocycles. The maximum atomic E-state index is 12.4. The van der Waals surface area contributed by atoms with E-state index in [-0.39, 0.29) is 11.8 Å². The van der Waals surface area contributed by atoms with Crippen LogP contribution in [-0.4, -0.2) is 44.0 Å². The third-order valence-corrected chi connectivity index (χ3v) is 4.21. The average Bonchev–Trinajstić information content (AvgIpc) is 2.66. The molecule has 0 heterocycles. The van der Waals surface area contributed by atoms with Gasteiger partial charge in [0, 0.05) is 32.1 Å². The number of methoxy groups -OCH3 is 2. The van der Waals surface area contributed by atoms with E-state index in [4.69, 9.17) is 9.47 Å². The van der Waals surface area contributed by atoms with Crippen molar-refractivity contribution in [3.8, 4) is 11.5 Å². The van der Waals surface area contributed by atoms with Gasteiger partial charge >= 0.3 is 0 Å². The van der Waals surface area contributed by atoms with E-state index in [1.165, 1.54) is 14.0 Å². The Morgan fingerprint density at radius 3 is 2.41 bits per heavy atom. The van der Waals surface area contributed by atoms with E-state index in [0.717, 1.165) is 11.1 Å². The fourth-order valence-corrected chi connectivity index (χ4v) is 2.76. The summed E-state index contributed by atoms with van der Waals surface area (Å²) in [5.74, 6) is 0.803. The predicted octanol–water partition coefficient (Wildman–Crippen LogP) is 2.79. The van der Waals surface area contributed by atoms with Crippen molar-refractivity contribution in [3.05, 3.63) is 59.2 Å². The maximum absolute atomic E-state index is 12.4. The molecule has 2 aromatic rings. The van der Waals surface area contributed by atoms with Gasteiger partial charge in [-0.15, -0.1) is 0 Å². The van der Waals surface area contributed by atoms with Crippen LogP contribution in [0, 0.1) is 6.92 Å². The zero-order valence-electron chi connectivity index (χ0n) is 16.2. The van der Waals surface area contributed by atoms with Crippen LogP contribution in [0.1, 0.15) is 28.4 Å². The van der Waals surface area contributed by atoms with Crippen molar-refractivity contribution in [1.82, 2.24) is 10.2 Å². The van der Waals surface area contributed by atoms with Crippen molar-refractivity contribution in [3.63, 3.8) is 0 Å². The van der Waals surface area contributed by atoms with Gasteiger partial charge in [-0.2, -0.15) is 0 Å². The molecule has 2 aromatic carbocycles. The molecule has 1 N–H and O–H groups in total. The molecule has 0 atom stereocenters. The number of hydrogen-bond acceptors (Lipinski definition) is 4. The molecule has 2 amide bonds. The number of benzene rings is 2. The highest BCUT2D eigenvalue weighted by Gasteiger charge is 2.13. The van der Waals surface area contributed by atoms with E-state index in [1.807, 2.05) is 25.1 Å². The van der Waals surface area contributed by atoms with Gasteiger partial charge in [-0.3, -0.25) is 9.59 Å². The van der Waals surface area contributed by atoms with E-state index in [2.05, 4.69) is 11.4 Å². The van der Waals surface area contributed by atoms with Crippen molar-refractivity contribution < 1.29 is 19.1 Å². The summed E-state index contributed by atoms with van der Waals surface area (Å²) in [6, 6.07) is 13.0. The van der Waals surface area contributed by atoms with Crippen molar-refractivity contribution in [2.45, 2.75) is 20.4 Å². The molecular weight excluding hydrogens is 344 g/mol.